The van der Waals surface area contributed by atoms with Crippen LogP contribution in [0.3, 0.4) is 0 Å². The summed E-state index contributed by atoms with van der Waals surface area (Å²) < 4.78 is 5.94. The molecule has 3 rings (SSSR count). The molecule has 4 heteroatoms. The Hall–Kier alpha value is -1.91. The standard InChI is InChI=1S/C21H28N2O2/c1-16-6-7-20(17(2)15-16)25-14-13-23-11-8-18(9-12-23)21(24)19-5-3-4-10-22-19/h3-7,10,15,18,21,24H,8-9,11-14H2,1-2H3. The van der Waals surface area contributed by atoms with E-state index in [9.17, 15) is 5.11 Å². The van der Waals surface area contributed by atoms with Gasteiger partial charge in [-0.25, -0.2) is 0 Å². The predicted molar refractivity (Wildman–Crippen MR) is 99.8 cm³/mol. The van der Waals surface area contributed by atoms with E-state index in [-0.39, 0.29) is 0 Å². The minimum Gasteiger partial charge on any atom is -0.492 e. The van der Waals surface area contributed by atoms with Crippen molar-refractivity contribution in [1.82, 2.24) is 9.88 Å². The van der Waals surface area contributed by atoms with E-state index < -0.39 is 6.10 Å². The molecule has 0 bridgehead atoms. The summed E-state index contributed by atoms with van der Waals surface area (Å²) in [6, 6.07) is 12.0. The van der Waals surface area contributed by atoms with Crippen molar-refractivity contribution < 1.29 is 9.84 Å². The van der Waals surface area contributed by atoms with Crippen LogP contribution in [0.5, 0.6) is 5.75 Å². The number of likely N-dealkylation sites (tertiary alicyclic amines) is 1. The van der Waals surface area contributed by atoms with Gasteiger partial charge in [0.25, 0.3) is 0 Å². The maximum Gasteiger partial charge on any atom is 0.122 e. The molecule has 1 aliphatic heterocycles. The van der Waals surface area contributed by atoms with Crippen molar-refractivity contribution >= 4 is 0 Å². The number of aryl methyl sites for hydroxylation is 2. The molecule has 2 heterocycles. The number of hydrogen-bond acceptors (Lipinski definition) is 4. The number of piperidine rings is 1. The topological polar surface area (TPSA) is 45.6 Å². The number of nitrogens with zero attached hydrogens (tertiary/aromatic N) is 2. The normalized spacial score (nSPS) is 17.4. The maximum atomic E-state index is 10.5. The molecule has 0 radical (unpaired) electrons. The molecule has 134 valence electrons. The monoisotopic (exact) mass is 340 g/mol. The van der Waals surface area contributed by atoms with Gasteiger partial charge < -0.3 is 9.84 Å². The highest BCUT2D eigenvalue weighted by molar-refractivity contribution is 5.35. The van der Waals surface area contributed by atoms with E-state index in [1.54, 1.807) is 6.20 Å². The Kier molecular flexibility index (Phi) is 6.05. The summed E-state index contributed by atoms with van der Waals surface area (Å²) in [6.07, 6.45) is 3.30. The Balaban J connectivity index is 1.42. The fourth-order valence-corrected chi connectivity index (χ4v) is 3.53. The van der Waals surface area contributed by atoms with Crippen molar-refractivity contribution in [3.05, 3.63) is 59.4 Å². The molecule has 1 aromatic carbocycles. The lowest BCUT2D eigenvalue weighted by atomic mass is 9.89. The van der Waals surface area contributed by atoms with Crippen LogP contribution < -0.4 is 4.74 Å². The molecular weight excluding hydrogens is 312 g/mol. The van der Waals surface area contributed by atoms with Crippen LogP contribution in [0.2, 0.25) is 0 Å². The van der Waals surface area contributed by atoms with Gasteiger partial charge in [0.2, 0.25) is 0 Å². The van der Waals surface area contributed by atoms with Gasteiger partial charge in [0.15, 0.2) is 0 Å². The summed E-state index contributed by atoms with van der Waals surface area (Å²) in [5.41, 5.74) is 3.25. The zero-order chi connectivity index (χ0) is 17.6. The molecule has 1 N–H and O–H groups in total. The van der Waals surface area contributed by atoms with Gasteiger partial charge in [-0.2, -0.15) is 0 Å². The Morgan fingerprint density at radius 1 is 1.20 bits per heavy atom. The third-order valence-electron chi connectivity index (χ3n) is 5.07. The van der Waals surface area contributed by atoms with Gasteiger partial charge in [-0.3, -0.25) is 9.88 Å². The summed E-state index contributed by atoms with van der Waals surface area (Å²) in [5.74, 6) is 1.28. The van der Waals surface area contributed by atoms with Crippen molar-refractivity contribution in [2.75, 3.05) is 26.2 Å². The second-order valence-electron chi connectivity index (χ2n) is 7.00. The molecule has 2 aromatic rings. The second kappa shape index (κ2) is 8.45. The summed E-state index contributed by atoms with van der Waals surface area (Å²) in [6.45, 7) is 7.83. The Bertz CT molecular complexity index is 667. The molecule has 4 nitrogen and oxygen atoms in total. The third-order valence-corrected chi connectivity index (χ3v) is 5.07. The Morgan fingerprint density at radius 3 is 2.68 bits per heavy atom. The number of rotatable bonds is 6. The average Bonchev–Trinajstić information content (AvgIpc) is 2.64. The molecule has 1 aliphatic rings. The molecule has 1 unspecified atom stereocenters. The molecule has 1 atom stereocenters. The minimum atomic E-state index is -0.449. The highest BCUT2D eigenvalue weighted by Gasteiger charge is 2.26. The van der Waals surface area contributed by atoms with Crippen molar-refractivity contribution in [2.24, 2.45) is 5.92 Å². The van der Waals surface area contributed by atoms with Gasteiger partial charge in [-0.15, -0.1) is 0 Å². The van der Waals surface area contributed by atoms with E-state index in [0.29, 0.717) is 12.5 Å². The minimum absolute atomic E-state index is 0.298. The summed E-state index contributed by atoms with van der Waals surface area (Å²) in [5, 5.41) is 10.5. The first-order valence-corrected chi connectivity index (χ1v) is 9.15. The first kappa shape index (κ1) is 17.9. The number of aliphatic hydroxyl groups is 1. The maximum absolute atomic E-state index is 10.5. The third kappa shape index (κ3) is 4.80. The number of ether oxygens (including phenoxy) is 1. The molecule has 25 heavy (non-hydrogen) atoms. The van der Waals surface area contributed by atoms with Gasteiger partial charge in [0, 0.05) is 12.7 Å². The molecule has 1 saturated heterocycles. The van der Waals surface area contributed by atoms with E-state index in [0.717, 1.165) is 43.9 Å². The van der Waals surface area contributed by atoms with Crippen LogP contribution in [0.1, 0.15) is 35.8 Å². The van der Waals surface area contributed by atoms with Crippen LogP contribution in [0.4, 0.5) is 0 Å². The average molecular weight is 340 g/mol. The SMILES string of the molecule is Cc1ccc(OCCN2CCC(C(O)c3ccccn3)CC2)c(C)c1. The van der Waals surface area contributed by atoms with E-state index >= 15 is 0 Å². The molecule has 1 aromatic heterocycles. The predicted octanol–water partition coefficient (Wildman–Crippen LogP) is 3.52. The summed E-state index contributed by atoms with van der Waals surface area (Å²) in [4.78, 5) is 6.71. The highest BCUT2D eigenvalue weighted by Crippen LogP contribution is 2.29. The Labute approximate surface area is 150 Å². The zero-order valence-electron chi connectivity index (χ0n) is 15.2. The lowest BCUT2D eigenvalue weighted by Crippen LogP contribution is -2.38. The van der Waals surface area contributed by atoms with E-state index in [1.807, 2.05) is 18.2 Å². The number of pyridine rings is 1. The lowest BCUT2D eigenvalue weighted by Gasteiger charge is -2.33. The van der Waals surface area contributed by atoms with Gasteiger partial charge in [-0.05, 0) is 69.5 Å². The number of benzene rings is 1. The van der Waals surface area contributed by atoms with Crippen LogP contribution in [0, 0.1) is 19.8 Å². The lowest BCUT2D eigenvalue weighted by molar-refractivity contribution is 0.0523. The van der Waals surface area contributed by atoms with E-state index in [1.165, 1.54) is 11.1 Å². The largest absolute Gasteiger partial charge is 0.492 e. The number of aromatic nitrogens is 1. The smallest absolute Gasteiger partial charge is 0.122 e. The fraction of sp³-hybridized carbons (Fsp3) is 0.476. The number of hydrogen-bond donors (Lipinski definition) is 1. The molecule has 0 spiro atoms. The zero-order valence-corrected chi connectivity index (χ0v) is 15.2. The van der Waals surface area contributed by atoms with Crippen molar-refractivity contribution in [1.29, 1.82) is 0 Å². The van der Waals surface area contributed by atoms with Gasteiger partial charge in [0.1, 0.15) is 12.4 Å². The van der Waals surface area contributed by atoms with Gasteiger partial charge >= 0.3 is 0 Å². The van der Waals surface area contributed by atoms with Crippen molar-refractivity contribution in [3.63, 3.8) is 0 Å². The molecular formula is C21H28N2O2. The molecule has 0 saturated carbocycles. The second-order valence-corrected chi connectivity index (χ2v) is 7.00. The Morgan fingerprint density at radius 2 is 2.00 bits per heavy atom. The van der Waals surface area contributed by atoms with Crippen LogP contribution in [0.25, 0.3) is 0 Å². The molecule has 0 aliphatic carbocycles. The summed E-state index contributed by atoms with van der Waals surface area (Å²) in [7, 11) is 0. The van der Waals surface area contributed by atoms with E-state index in [4.69, 9.17) is 4.74 Å². The first-order chi connectivity index (χ1) is 12.1. The summed E-state index contributed by atoms with van der Waals surface area (Å²) >= 11 is 0. The van der Waals surface area contributed by atoms with Crippen LogP contribution in [0.15, 0.2) is 42.6 Å². The van der Waals surface area contributed by atoms with Crippen LogP contribution in [-0.2, 0) is 0 Å². The quantitative estimate of drug-likeness (QED) is 0.874. The highest BCUT2D eigenvalue weighted by atomic mass is 16.5. The van der Waals surface area contributed by atoms with Crippen LogP contribution >= 0.6 is 0 Å². The van der Waals surface area contributed by atoms with Gasteiger partial charge in [-0.1, -0.05) is 23.8 Å². The molecule has 0 amide bonds. The van der Waals surface area contributed by atoms with Gasteiger partial charge in [0.05, 0.1) is 11.8 Å². The van der Waals surface area contributed by atoms with Crippen molar-refractivity contribution in [2.45, 2.75) is 32.8 Å². The van der Waals surface area contributed by atoms with E-state index in [2.05, 4.69) is 41.9 Å². The molecule has 1 fully saturated rings. The first-order valence-electron chi connectivity index (χ1n) is 9.15. The van der Waals surface area contributed by atoms with Crippen molar-refractivity contribution in [3.8, 4) is 5.75 Å². The number of aliphatic hydroxyl groups excluding tert-OH is 1. The van der Waals surface area contributed by atoms with Crippen LogP contribution in [-0.4, -0.2) is 41.2 Å². The fourth-order valence-electron chi connectivity index (χ4n) is 3.53.